The number of carbonyl (C=O) groups excluding carboxylic acids is 2. The Labute approximate surface area is 186 Å². The highest BCUT2D eigenvalue weighted by Gasteiger charge is 2.49. The Morgan fingerprint density at radius 2 is 1.97 bits per heavy atom. The first-order valence-electron chi connectivity index (χ1n) is 11.6. The van der Waals surface area contributed by atoms with Gasteiger partial charge in [0.25, 0.3) is 0 Å². The van der Waals surface area contributed by atoms with Crippen LogP contribution in [0.4, 0.5) is 4.79 Å². The number of hydrogen-bond donors (Lipinski definition) is 1. The molecule has 2 aliphatic heterocycles. The van der Waals surface area contributed by atoms with Crippen LogP contribution < -0.4 is 5.32 Å². The lowest BCUT2D eigenvalue weighted by Crippen LogP contribution is -2.57. The minimum Gasteiger partial charge on any atom is -0.385 e. The van der Waals surface area contributed by atoms with E-state index >= 15 is 0 Å². The molecule has 0 aromatic rings. The van der Waals surface area contributed by atoms with Crippen LogP contribution in [0.25, 0.3) is 0 Å². The molecule has 9 nitrogen and oxygen atoms in total. The molecule has 0 radical (unpaired) electrons. The molecular weight excluding hydrogens is 400 g/mol. The Kier molecular flexibility index (Phi) is 8.69. The lowest BCUT2D eigenvalue weighted by molar-refractivity contribution is -0.202. The fourth-order valence-electron chi connectivity index (χ4n) is 5.30. The molecule has 3 fully saturated rings. The van der Waals surface area contributed by atoms with Crippen molar-refractivity contribution in [3.8, 4) is 0 Å². The van der Waals surface area contributed by atoms with Gasteiger partial charge in [0, 0.05) is 58.8 Å². The Morgan fingerprint density at radius 1 is 1.23 bits per heavy atom. The standard InChI is InChI=1S/C22H40N4O5/c1-24(2)10-8-23-21(28)26(9-5-11-29-4)20(27)18-14-17-15-22(30-12-13-31-22)7-6-19(17)25(3)16-18/h17-19H,5-16H2,1-4H3,(H,23,28)/t17-,18-,19-/m1/s1. The van der Waals surface area contributed by atoms with E-state index in [1.54, 1.807) is 7.11 Å². The number of urea groups is 1. The fourth-order valence-corrected chi connectivity index (χ4v) is 5.30. The molecule has 1 N–H and O–H groups in total. The molecule has 3 atom stereocenters. The maximum absolute atomic E-state index is 13.5. The molecule has 1 spiro atoms. The lowest BCUT2D eigenvalue weighted by Gasteiger charge is -2.49. The predicted octanol–water partition coefficient (Wildman–Crippen LogP) is 0.986. The van der Waals surface area contributed by atoms with Crippen molar-refractivity contribution in [1.82, 2.24) is 20.0 Å². The van der Waals surface area contributed by atoms with E-state index < -0.39 is 5.79 Å². The molecule has 31 heavy (non-hydrogen) atoms. The van der Waals surface area contributed by atoms with Gasteiger partial charge in [0.15, 0.2) is 5.79 Å². The second-order valence-electron chi connectivity index (χ2n) is 9.42. The molecule has 3 rings (SSSR count). The molecular formula is C22H40N4O5. The third-order valence-electron chi connectivity index (χ3n) is 6.84. The third kappa shape index (κ3) is 6.16. The summed E-state index contributed by atoms with van der Waals surface area (Å²) in [5.41, 5.74) is 0. The summed E-state index contributed by atoms with van der Waals surface area (Å²) >= 11 is 0. The molecule has 0 aromatic heterocycles. The largest absolute Gasteiger partial charge is 0.385 e. The number of amides is 3. The summed E-state index contributed by atoms with van der Waals surface area (Å²) in [5.74, 6) is -0.423. The Bertz CT molecular complexity index is 611. The zero-order valence-corrected chi connectivity index (χ0v) is 19.6. The molecule has 9 heteroatoms. The molecule has 3 amide bonds. The number of hydrogen-bond acceptors (Lipinski definition) is 7. The van der Waals surface area contributed by atoms with Gasteiger partial charge in [-0.05, 0) is 46.3 Å². The number of fused-ring (bicyclic) bond motifs is 1. The number of nitrogens with zero attached hydrogens (tertiary/aromatic N) is 3. The average Bonchev–Trinajstić information content (AvgIpc) is 3.17. The van der Waals surface area contributed by atoms with E-state index in [1.807, 2.05) is 19.0 Å². The summed E-state index contributed by atoms with van der Waals surface area (Å²) in [7, 11) is 7.64. The van der Waals surface area contributed by atoms with Crippen LogP contribution in [0.15, 0.2) is 0 Å². The molecule has 3 aliphatic rings. The summed E-state index contributed by atoms with van der Waals surface area (Å²) in [6.07, 6.45) is 4.15. The summed E-state index contributed by atoms with van der Waals surface area (Å²) in [5, 5.41) is 2.90. The molecule has 1 aliphatic carbocycles. The first kappa shape index (κ1) is 24.4. The summed E-state index contributed by atoms with van der Waals surface area (Å²) in [6, 6.07) is 0.133. The van der Waals surface area contributed by atoms with Gasteiger partial charge in [0.1, 0.15) is 0 Å². The lowest BCUT2D eigenvalue weighted by atomic mass is 9.72. The zero-order chi connectivity index (χ0) is 22.4. The van der Waals surface area contributed by atoms with Crippen LogP contribution in [0.3, 0.4) is 0 Å². The maximum atomic E-state index is 13.5. The number of likely N-dealkylation sites (N-methyl/N-ethyl adjacent to an activating group) is 1. The molecule has 0 aromatic carbocycles. The van der Waals surface area contributed by atoms with Gasteiger partial charge in [-0.1, -0.05) is 0 Å². The second-order valence-corrected chi connectivity index (χ2v) is 9.42. The first-order valence-corrected chi connectivity index (χ1v) is 11.6. The van der Waals surface area contributed by atoms with Gasteiger partial charge in [-0.15, -0.1) is 0 Å². The van der Waals surface area contributed by atoms with Crippen LogP contribution in [0.2, 0.25) is 0 Å². The predicted molar refractivity (Wildman–Crippen MR) is 117 cm³/mol. The van der Waals surface area contributed by atoms with Crippen molar-refractivity contribution in [3.05, 3.63) is 0 Å². The molecule has 0 unspecified atom stereocenters. The number of ether oxygens (including phenoxy) is 3. The molecule has 1 saturated carbocycles. The van der Waals surface area contributed by atoms with E-state index in [0.717, 1.165) is 32.2 Å². The van der Waals surface area contributed by atoms with Crippen molar-refractivity contribution >= 4 is 11.9 Å². The van der Waals surface area contributed by atoms with Crippen LogP contribution in [-0.4, -0.2) is 113 Å². The van der Waals surface area contributed by atoms with Crippen LogP contribution >= 0.6 is 0 Å². The number of carbonyl (C=O) groups is 2. The topological polar surface area (TPSA) is 83.6 Å². The van der Waals surface area contributed by atoms with Gasteiger partial charge in [-0.3, -0.25) is 9.69 Å². The monoisotopic (exact) mass is 440 g/mol. The van der Waals surface area contributed by atoms with E-state index in [1.165, 1.54) is 4.90 Å². The minimum absolute atomic E-state index is 0.0864. The van der Waals surface area contributed by atoms with Gasteiger partial charge < -0.3 is 29.3 Å². The summed E-state index contributed by atoms with van der Waals surface area (Å²) < 4.78 is 17.1. The van der Waals surface area contributed by atoms with Crippen LogP contribution in [0.1, 0.15) is 32.1 Å². The average molecular weight is 441 g/mol. The van der Waals surface area contributed by atoms with Crippen molar-refractivity contribution in [2.75, 3.05) is 74.3 Å². The smallest absolute Gasteiger partial charge is 0.324 e. The minimum atomic E-state index is -0.464. The van der Waals surface area contributed by atoms with Crippen molar-refractivity contribution in [2.24, 2.45) is 11.8 Å². The Balaban J connectivity index is 1.65. The van der Waals surface area contributed by atoms with E-state index in [9.17, 15) is 9.59 Å². The molecule has 2 saturated heterocycles. The highest BCUT2D eigenvalue weighted by Crippen LogP contribution is 2.45. The van der Waals surface area contributed by atoms with Crippen LogP contribution in [-0.2, 0) is 19.0 Å². The van der Waals surface area contributed by atoms with Gasteiger partial charge in [0.2, 0.25) is 5.91 Å². The summed E-state index contributed by atoms with van der Waals surface area (Å²) in [6.45, 7) is 4.09. The van der Waals surface area contributed by atoms with Crippen molar-refractivity contribution in [3.63, 3.8) is 0 Å². The SMILES string of the molecule is COCCCN(C(=O)NCCN(C)C)C(=O)[C@@H]1C[C@@H]2CC3(CC[C@H]2N(C)C1)OCCO3. The van der Waals surface area contributed by atoms with E-state index in [-0.39, 0.29) is 17.9 Å². The maximum Gasteiger partial charge on any atom is 0.324 e. The summed E-state index contributed by atoms with van der Waals surface area (Å²) in [4.78, 5) is 32.0. The van der Waals surface area contributed by atoms with Crippen LogP contribution in [0.5, 0.6) is 0 Å². The van der Waals surface area contributed by atoms with E-state index in [2.05, 4.69) is 17.3 Å². The number of likely N-dealkylation sites (tertiary alicyclic amines) is 1. The second kappa shape index (κ2) is 11.0. The number of methoxy groups -OCH3 is 1. The molecule has 2 heterocycles. The highest BCUT2D eigenvalue weighted by molar-refractivity contribution is 5.95. The Morgan fingerprint density at radius 3 is 2.65 bits per heavy atom. The van der Waals surface area contributed by atoms with Crippen molar-refractivity contribution in [1.29, 1.82) is 0 Å². The number of imide groups is 1. The van der Waals surface area contributed by atoms with E-state index in [4.69, 9.17) is 14.2 Å². The number of nitrogens with one attached hydrogen (secondary N) is 1. The van der Waals surface area contributed by atoms with Gasteiger partial charge >= 0.3 is 6.03 Å². The Hall–Kier alpha value is -1.26. The van der Waals surface area contributed by atoms with Gasteiger partial charge in [0.05, 0.1) is 19.1 Å². The van der Waals surface area contributed by atoms with Gasteiger partial charge in [-0.25, -0.2) is 4.79 Å². The van der Waals surface area contributed by atoms with Crippen molar-refractivity contribution < 1.29 is 23.8 Å². The zero-order valence-electron chi connectivity index (χ0n) is 19.6. The molecule has 178 valence electrons. The van der Waals surface area contributed by atoms with Crippen molar-refractivity contribution in [2.45, 2.75) is 43.9 Å². The fraction of sp³-hybridized carbons (Fsp3) is 0.909. The first-order chi connectivity index (χ1) is 14.8. The number of rotatable bonds is 8. The highest BCUT2D eigenvalue weighted by atomic mass is 16.7. The third-order valence-corrected chi connectivity index (χ3v) is 6.84. The normalized spacial score (nSPS) is 28.0. The number of piperidine rings is 1. The van der Waals surface area contributed by atoms with E-state index in [0.29, 0.717) is 57.8 Å². The quantitative estimate of drug-likeness (QED) is 0.564. The van der Waals surface area contributed by atoms with Gasteiger partial charge in [-0.2, -0.15) is 0 Å². The van der Waals surface area contributed by atoms with Crippen LogP contribution in [0, 0.1) is 11.8 Å². The molecule has 0 bridgehead atoms.